The van der Waals surface area contributed by atoms with Gasteiger partial charge in [-0.25, -0.2) is 18.1 Å². The van der Waals surface area contributed by atoms with E-state index in [-0.39, 0.29) is 26.7 Å². The molecule has 34 heavy (non-hydrogen) atoms. The number of rotatable bonds is 6. The van der Waals surface area contributed by atoms with Crippen LogP contribution in [0.25, 0.3) is 5.69 Å². The molecule has 0 radical (unpaired) electrons. The van der Waals surface area contributed by atoms with E-state index in [1.807, 2.05) is 0 Å². The minimum atomic E-state index is -5.01. The molecule has 0 spiro atoms. The number of para-hydroxylation sites is 1. The van der Waals surface area contributed by atoms with Gasteiger partial charge in [0.05, 0.1) is 10.7 Å². The molecule has 0 saturated carbocycles. The van der Waals surface area contributed by atoms with E-state index in [2.05, 4.69) is 0 Å². The van der Waals surface area contributed by atoms with E-state index in [0.717, 1.165) is 19.2 Å². The van der Waals surface area contributed by atoms with Crippen LogP contribution in [0.1, 0.15) is 12.6 Å². The molecule has 3 rings (SSSR count). The largest absolute Gasteiger partial charge is 0.482 e. The number of ether oxygens (including phenoxy) is 2. The topological polar surface area (TPSA) is 79.5 Å². The number of Topliss-reactive ketones (excluding diaryl/α,β-unsaturated/α-hetero) is 1. The molecule has 0 atom stereocenters. The number of ketones is 1. The lowest BCUT2D eigenvalue weighted by Crippen LogP contribution is -2.41. The minimum absolute atomic E-state index is 0.126. The maximum atomic E-state index is 14.6. The Hall–Kier alpha value is -3.67. The van der Waals surface area contributed by atoms with Crippen LogP contribution in [0.2, 0.25) is 5.02 Å². The molecule has 13 heteroatoms. The average Bonchev–Trinajstić information content (AvgIpc) is 2.73. The summed E-state index contributed by atoms with van der Waals surface area (Å²) >= 11 is 5.97. The van der Waals surface area contributed by atoms with Crippen molar-refractivity contribution in [2.24, 2.45) is 7.05 Å². The van der Waals surface area contributed by atoms with Crippen LogP contribution < -0.4 is 20.7 Å². The Morgan fingerprint density at radius 2 is 1.74 bits per heavy atom. The smallest absolute Gasteiger partial charge is 0.431 e. The van der Waals surface area contributed by atoms with E-state index in [4.69, 9.17) is 21.1 Å². The van der Waals surface area contributed by atoms with Gasteiger partial charge in [-0.2, -0.15) is 13.2 Å². The zero-order valence-corrected chi connectivity index (χ0v) is 18.1. The van der Waals surface area contributed by atoms with Gasteiger partial charge >= 0.3 is 11.9 Å². The van der Waals surface area contributed by atoms with E-state index in [1.54, 1.807) is 0 Å². The first-order valence-corrected chi connectivity index (χ1v) is 9.67. The third-order valence-electron chi connectivity index (χ3n) is 4.43. The summed E-state index contributed by atoms with van der Waals surface area (Å²) in [6.07, 6.45) is -5.01. The van der Waals surface area contributed by atoms with Gasteiger partial charge in [0, 0.05) is 19.2 Å². The molecule has 0 bridgehead atoms. The van der Waals surface area contributed by atoms with Gasteiger partial charge in [-0.15, -0.1) is 0 Å². The van der Waals surface area contributed by atoms with E-state index < -0.39 is 63.6 Å². The highest BCUT2D eigenvalue weighted by Crippen LogP contribution is 2.38. The van der Waals surface area contributed by atoms with Crippen LogP contribution in [-0.4, -0.2) is 21.5 Å². The van der Waals surface area contributed by atoms with E-state index in [0.29, 0.717) is 6.07 Å². The Kier molecular flexibility index (Phi) is 6.82. The molecule has 0 N–H and O–H groups in total. The Bertz CT molecular complexity index is 1400. The van der Waals surface area contributed by atoms with Crippen LogP contribution >= 0.6 is 11.6 Å². The summed E-state index contributed by atoms with van der Waals surface area (Å²) in [4.78, 5) is 36.0. The summed E-state index contributed by atoms with van der Waals surface area (Å²) in [6.45, 7) is 0.810. The third-order valence-corrected chi connectivity index (χ3v) is 4.72. The van der Waals surface area contributed by atoms with Crippen molar-refractivity contribution in [1.82, 2.24) is 9.13 Å². The molecule has 0 saturated heterocycles. The second kappa shape index (κ2) is 9.29. The highest BCUT2D eigenvalue weighted by Gasteiger charge is 2.35. The second-order valence-corrected chi connectivity index (χ2v) is 7.34. The Morgan fingerprint density at radius 3 is 2.35 bits per heavy atom. The second-order valence-electron chi connectivity index (χ2n) is 6.94. The number of carbonyl (C=O) groups excluding carboxylic acids is 1. The SMILES string of the molecule is CC(=O)COc1cccc(F)c1Oc1cc(-n2c(=O)cc(C(F)(F)F)n(C)c2=O)c(F)cc1Cl. The first-order chi connectivity index (χ1) is 15.8. The molecule has 0 fully saturated rings. The van der Waals surface area contributed by atoms with E-state index in [1.165, 1.54) is 19.1 Å². The van der Waals surface area contributed by atoms with Crippen molar-refractivity contribution >= 4 is 17.4 Å². The van der Waals surface area contributed by atoms with E-state index in [9.17, 15) is 36.3 Å². The van der Waals surface area contributed by atoms with Crippen molar-refractivity contribution in [2.45, 2.75) is 13.1 Å². The summed E-state index contributed by atoms with van der Waals surface area (Å²) < 4.78 is 79.1. The van der Waals surface area contributed by atoms with Crippen molar-refractivity contribution < 1.29 is 36.2 Å². The molecule has 2 aromatic carbocycles. The summed E-state index contributed by atoms with van der Waals surface area (Å²) in [7, 11) is 0.754. The molecule has 1 aromatic heterocycles. The standard InChI is InChI=1S/C21H14ClF5N2O5/c1-10(30)9-33-15-5-3-4-12(23)19(15)34-16-7-14(13(24)6-11(16)22)29-18(31)8-17(21(25,26)27)28(2)20(29)32/h3-8H,9H2,1-2H3. The number of carbonyl (C=O) groups is 1. The fourth-order valence-electron chi connectivity index (χ4n) is 2.88. The Morgan fingerprint density at radius 1 is 1.06 bits per heavy atom. The quantitative estimate of drug-likeness (QED) is 0.469. The average molecular weight is 505 g/mol. The molecule has 1 heterocycles. The molecule has 0 unspecified atom stereocenters. The number of halogens is 6. The van der Waals surface area contributed by atoms with Gasteiger partial charge in [0.1, 0.15) is 23.9 Å². The van der Waals surface area contributed by atoms with Crippen LogP contribution in [-0.2, 0) is 18.0 Å². The van der Waals surface area contributed by atoms with Crippen molar-refractivity contribution in [3.05, 3.63) is 79.6 Å². The highest BCUT2D eigenvalue weighted by atomic mass is 35.5. The predicted octanol–water partition coefficient (Wildman–Crippen LogP) is 4.25. The first kappa shape index (κ1) is 25.0. The van der Waals surface area contributed by atoms with Crippen LogP contribution in [0, 0.1) is 11.6 Å². The van der Waals surface area contributed by atoms with Gasteiger partial charge < -0.3 is 9.47 Å². The predicted molar refractivity (Wildman–Crippen MR) is 110 cm³/mol. The van der Waals surface area contributed by atoms with Crippen molar-refractivity contribution in [2.75, 3.05) is 6.61 Å². The Balaban J connectivity index is 2.15. The summed E-state index contributed by atoms with van der Waals surface area (Å²) in [6, 6.07) is 5.03. The Labute approximate surface area is 192 Å². The van der Waals surface area contributed by atoms with Crippen molar-refractivity contribution in [1.29, 1.82) is 0 Å². The lowest BCUT2D eigenvalue weighted by Gasteiger charge is -2.16. The fourth-order valence-corrected chi connectivity index (χ4v) is 3.07. The first-order valence-electron chi connectivity index (χ1n) is 9.29. The van der Waals surface area contributed by atoms with Crippen LogP contribution in [0.3, 0.4) is 0 Å². The number of alkyl halides is 3. The summed E-state index contributed by atoms with van der Waals surface area (Å²) in [5.74, 6) is -3.78. The highest BCUT2D eigenvalue weighted by molar-refractivity contribution is 6.32. The molecular formula is C21H14ClF5N2O5. The molecule has 0 amide bonds. The third kappa shape index (κ3) is 4.96. The van der Waals surface area contributed by atoms with Gasteiger partial charge in [-0.3, -0.25) is 14.2 Å². The number of hydrogen-bond donors (Lipinski definition) is 0. The van der Waals surface area contributed by atoms with Gasteiger partial charge in [-0.1, -0.05) is 17.7 Å². The minimum Gasteiger partial charge on any atom is -0.482 e. The normalized spacial score (nSPS) is 11.4. The lowest BCUT2D eigenvalue weighted by atomic mass is 10.2. The van der Waals surface area contributed by atoms with Crippen molar-refractivity contribution in [3.8, 4) is 22.9 Å². The number of hydrogen-bond acceptors (Lipinski definition) is 5. The number of aromatic nitrogens is 2. The van der Waals surface area contributed by atoms with E-state index >= 15 is 0 Å². The zero-order valence-electron chi connectivity index (χ0n) is 17.4. The maximum absolute atomic E-state index is 14.6. The summed E-state index contributed by atoms with van der Waals surface area (Å²) in [5.41, 5.74) is -5.30. The van der Waals surface area contributed by atoms with Gasteiger partial charge in [0.2, 0.25) is 5.75 Å². The molecule has 0 aliphatic heterocycles. The van der Waals surface area contributed by atoms with Crippen molar-refractivity contribution in [3.63, 3.8) is 0 Å². The fraction of sp³-hybridized carbons (Fsp3) is 0.190. The molecule has 180 valence electrons. The number of benzene rings is 2. The maximum Gasteiger partial charge on any atom is 0.431 e. The van der Waals surface area contributed by atoms with Crippen LogP contribution in [0.15, 0.2) is 46.0 Å². The van der Waals surface area contributed by atoms with Gasteiger partial charge in [0.15, 0.2) is 17.3 Å². The lowest BCUT2D eigenvalue weighted by molar-refractivity contribution is -0.144. The monoisotopic (exact) mass is 504 g/mol. The molecule has 7 nitrogen and oxygen atoms in total. The molecule has 3 aromatic rings. The van der Waals surface area contributed by atoms with Gasteiger partial charge in [-0.05, 0) is 25.1 Å². The number of nitrogens with zero attached hydrogens (tertiary/aromatic N) is 2. The zero-order chi connectivity index (χ0) is 25.4. The molecule has 0 aliphatic carbocycles. The molecular weight excluding hydrogens is 491 g/mol. The summed E-state index contributed by atoms with van der Waals surface area (Å²) in [5, 5.41) is -0.418. The van der Waals surface area contributed by atoms with Crippen LogP contribution in [0.5, 0.6) is 17.2 Å². The van der Waals surface area contributed by atoms with Gasteiger partial charge in [0.25, 0.3) is 5.56 Å². The van der Waals surface area contributed by atoms with Crippen LogP contribution in [0.4, 0.5) is 22.0 Å². The molecule has 0 aliphatic rings.